The molecular formula is C16H19BrN2O3S. The molecule has 0 bridgehead atoms. The minimum atomic E-state index is -0.134. The lowest BCUT2D eigenvalue weighted by atomic mass is 10.1. The van der Waals surface area contributed by atoms with Crippen LogP contribution in [0.1, 0.15) is 32.3 Å². The highest BCUT2D eigenvalue weighted by Crippen LogP contribution is 2.36. The summed E-state index contributed by atoms with van der Waals surface area (Å²) in [6.07, 6.45) is 3.60. The van der Waals surface area contributed by atoms with Gasteiger partial charge in [-0.2, -0.15) is 0 Å². The number of phenols is 1. The number of nitrogens with zero attached hydrogens (tertiary/aromatic N) is 1. The van der Waals surface area contributed by atoms with Gasteiger partial charge in [0.25, 0.3) is 5.91 Å². The number of rotatable bonds is 6. The molecule has 1 aliphatic rings. The number of phenolic OH excluding ortho intramolecular Hbond substituents is 1. The Bertz CT molecular complexity index is 661. The molecule has 0 atom stereocenters. The van der Waals surface area contributed by atoms with Gasteiger partial charge in [0.05, 0.1) is 11.1 Å². The fraction of sp³-hybridized carbons (Fsp3) is 0.375. The van der Waals surface area contributed by atoms with E-state index in [1.807, 2.05) is 6.92 Å². The monoisotopic (exact) mass is 398 g/mol. The highest BCUT2D eigenvalue weighted by Gasteiger charge is 2.29. The van der Waals surface area contributed by atoms with Crippen molar-refractivity contribution in [3.05, 3.63) is 27.9 Å². The SMILES string of the molecule is CCCCN1C(=O)C(=Cc2cc(Br)c(O)c(OCC)c2)NC1=S. The third-order valence-electron chi connectivity index (χ3n) is 3.36. The molecule has 0 aromatic heterocycles. The van der Waals surface area contributed by atoms with Crippen molar-refractivity contribution in [1.82, 2.24) is 10.2 Å². The van der Waals surface area contributed by atoms with Crippen LogP contribution in [0.3, 0.4) is 0 Å². The van der Waals surface area contributed by atoms with Crippen molar-refractivity contribution in [2.45, 2.75) is 26.7 Å². The number of unbranched alkanes of at least 4 members (excludes halogenated alkanes) is 1. The lowest BCUT2D eigenvalue weighted by Gasteiger charge is -2.12. The predicted octanol–water partition coefficient (Wildman–Crippen LogP) is 3.41. The van der Waals surface area contributed by atoms with Gasteiger partial charge in [-0.15, -0.1) is 0 Å². The molecule has 1 fully saturated rings. The summed E-state index contributed by atoms with van der Waals surface area (Å²) in [5, 5.41) is 13.3. The Labute approximate surface area is 149 Å². The second-order valence-corrected chi connectivity index (χ2v) is 6.32. The summed E-state index contributed by atoms with van der Waals surface area (Å²) in [6, 6.07) is 3.40. The topological polar surface area (TPSA) is 61.8 Å². The number of carbonyl (C=O) groups is 1. The number of carbonyl (C=O) groups excluding carboxylic acids is 1. The molecular weight excluding hydrogens is 380 g/mol. The van der Waals surface area contributed by atoms with Crippen LogP contribution in [-0.2, 0) is 4.79 Å². The highest BCUT2D eigenvalue weighted by atomic mass is 79.9. The van der Waals surface area contributed by atoms with Crippen molar-refractivity contribution in [2.75, 3.05) is 13.2 Å². The fourth-order valence-corrected chi connectivity index (χ4v) is 2.94. The normalized spacial score (nSPS) is 16.1. The first kappa shape index (κ1) is 17.7. The van der Waals surface area contributed by atoms with Crippen LogP contribution in [0, 0.1) is 0 Å². The minimum absolute atomic E-state index is 0.0415. The van der Waals surface area contributed by atoms with Crippen molar-refractivity contribution in [3.8, 4) is 11.5 Å². The summed E-state index contributed by atoms with van der Waals surface area (Å²) in [7, 11) is 0. The van der Waals surface area contributed by atoms with Crippen molar-refractivity contribution in [1.29, 1.82) is 0 Å². The third kappa shape index (κ3) is 4.03. The molecule has 23 heavy (non-hydrogen) atoms. The Morgan fingerprint density at radius 1 is 1.43 bits per heavy atom. The van der Waals surface area contributed by atoms with E-state index in [2.05, 4.69) is 28.2 Å². The molecule has 1 heterocycles. The number of ether oxygens (including phenoxy) is 1. The second kappa shape index (κ2) is 7.79. The van der Waals surface area contributed by atoms with Gasteiger partial charge in [-0.3, -0.25) is 9.69 Å². The van der Waals surface area contributed by atoms with Crippen LogP contribution in [0.2, 0.25) is 0 Å². The van der Waals surface area contributed by atoms with E-state index in [1.54, 1.807) is 23.1 Å². The lowest BCUT2D eigenvalue weighted by molar-refractivity contribution is -0.122. The van der Waals surface area contributed by atoms with Crippen molar-refractivity contribution >= 4 is 45.2 Å². The van der Waals surface area contributed by atoms with E-state index >= 15 is 0 Å². The largest absolute Gasteiger partial charge is 0.503 e. The number of nitrogens with one attached hydrogen (secondary N) is 1. The van der Waals surface area contributed by atoms with Gasteiger partial charge in [0.15, 0.2) is 16.6 Å². The molecule has 1 aromatic rings. The Morgan fingerprint density at radius 2 is 2.17 bits per heavy atom. The molecule has 0 aliphatic carbocycles. The Morgan fingerprint density at radius 3 is 2.83 bits per heavy atom. The number of amides is 1. The van der Waals surface area contributed by atoms with E-state index in [-0.39, 0.29) is 11.7 Å². The number of aromatic hydroxyl groups is 1. The number of halogens is 1. The van der Waals surface area contributed by atoms with Crippen molar-refractivity contribution in [2.24, 2.45) is 0 Å². The molecule has 1 aliphatic heterocycles. The molecule has 7 heteroatoms. The first-order valence-corrected chi connectivity index (χ1v) is 8.67. The van der Waals surface area contributed by atoms with E-state index in [4.69, 9.17) is 17.0 Å². The van der Waals surface area contributed by atoms with Gasteiger partial charge in [-0.25, -0.2) is 0 Å². The minimum Gasteiger partial charge on any atom is -0.503 e. The zero-order valence-corrected chi connectivity index (χ0v) is 15.5. The molecule has 0 unspecified atom stereocenters. The zero-order valence-electron chi connectivity index (χ0n) is 13.1. The number of hydrogen-bond donors (Lipinski definition) is 2. The molecule has 0 radical (unpaired) electrons. The quantitative estimate of drug-likeness (QED) is 0.567. The summed E-state index contributed by atoms with van der Waals surface area (Å²) in [6.45, 7) is 4.95. The van der Waals surface area contributed by atoms with Crippen LogP contribution in [0.25, 0.3) is 6.08 Å². The summed E-state index contributed by atoms with van der Waals surface area (Å²) < 4.78 is 5.90. The standard InChI is InChI=1S/C16H19BrN2O3S/c1-3-5-6-19-15(21)12(18-16(19)23)8-10-7-11(17)14(20)13(9-10)22-4-2/h7-9,20H,3-6H2,1-2H3,(H,18,23). The Balaban J connectivity index is 2.28. The Kier molecular flexibility index (Phi) is 6.01. The number of thiocarbonyl (C=S) groups is 1. The molecule has 1 amide bonds. The highest BCUT2D eigenvalue weighted by molar-refractivity contribution is 9.10. The average molecular weight is 399 g/mol. The van der Waals surface area contributed by atoms with E-state index in [0.29, 0.717) is 34.2 Å². The Hall–Kier alpha value is -1.60. The average Bonchev–Trinajstić information content (AvgIpc) is 2.77. The van der Waals surface area contributed by atoms with Gasteiger partial charge < -0.3 is 15.2 Å². The summed E-state index contributed by atoms with van der Waals surface area (Å²) in [4.78, 5) is 14.0. The first-order chi connectivity index (χ1) is 11.0. The number of hydrogen-bond acceptors (Lipinski definition) is 4. The van der Waals surface area contributed by atoms with Crippen LogP contribution in [0.15, 0.2) is 22.3 Å². The van der Waals surface area contributed by atoms with E-state index in [9.17, 15) is 9.90 Å². The smallest absolute Gasteiger partial charge is 0.276 e. The maximum atomic E-state index is 12.4. The maximum Gasteiger partial charge on any atom is 0.276 e. The summed E-state index contributed by atoms with van der Waals surface area (Å²) >= 11 is 8.51. The third-order valence-corrected chi connectivity index (χ3v) is 4.29. The van der Waals surface area contributed by atoms with Crippen LogP contribution >= 0.6 is 28.1 Å². The summed E-state index contributed by atoms with van der Waals surface area (Å²) in [5.74, 6) is 0.273. The molecule has 124 valence electrons. The van der Waals surface area contributed by atoms with E-state index < -0.39 is 0 Å². The molecule has 0 spiro atoms. The lowest BCUT2D eigenvalue weighted by Crippen LogP contribution is -2.31. The van der Waals surface area contributed by atoms with Crippen LogP contribution < -0.4 is 10.1 Å². The molecule has 2 rings (SSSR count). The van der Waals surface area contributed by atoms with Crippen molar-refractivity contribution < 1.29 is 14.6 Å². The molecule has 5 nitrogen and oxygen atoms in total. The predicted molar refractivity (Wildman–Crippen MR) is 97.3 cm³/mol. The van der Waals surface area contributed by atoms with Crippen LogP contribution in [0.5, 0.6) is 11.5 Å². The fourth-order valence-electron chi connectivity index (χ4n) is 2.20. The first-order valence-electron chi connectivity index (χ1n) is 7.47. The molecule has 1 aromatic carbocycles. The van der Waals surface area contributed by atoms with Crippen LogP contribution in [-0.4, -0.2) is 34.2 Å². The van der Waals surface area contributed by atoms with Crippen LogP contribution in [0.4, 0.5) is 0 Å². The summed E-state index contributed by atoms with van der Waals surface area (Å²) in [5.41, 5.74) is 1.15. The molecule has 0 saturated carbocycles. The van der Waals surface area contributed by atoms with Gasteiger partial charge in [-0.1, -0.05) is 13.3 Å². The van der Waals surface area contributed by atoms with Gasteiger partial charge in [0.1, 0.15) is 5.70 Å². The van der Waals surface area contributed by atoms with E-state index in [0.717, 1.165) is 18.4 Å². The van der Waals surface area contributed by atoms with E-state index in [1.165, 1.54) is 0 Å². The van der Waals surface area contributed by atoms with Gasteiger partial charge in [0.2, 0.25) is 0 Å². The second-order valence-electron chi connectivity index (χ2n) is 5.08. The van der Waals surface area contributed by atoms with Gasteiger partial charge >= 0.3 is 0 Å². The van der Waals surface area contributed by atoms with Crippen molar-refractivity contribution in [3.63, 3.8) is 0 Å². The van der Waals surface area contributed by atoms with Gasteiger partial charge in [-0.05, 0) is 65.3 Å². The number of benzene rings is 1. The van der Waals surface area contributed by atoms with Gasteiger partial charge in [0, 0.05) is 6.54 Å². The molecule has 1 saturated heterocycles. The zero-order chi connectivity index (χ0) is 17.0. The maximum absolute atomic E-state index is 12.4. The molecule has 2 N–H and O–H groups in total.